The second-order valence-corrected chi connectivity index (χ2v) is 3.39. The van der Waals surface area contributed by atoms with Gasteiger partial charge in [0, 0.05) is 6.42 Å². The Morgan fingerprint density at radius 2 is 2.20 bits per heavy atom. The molecule has 0 N–H and O–H groups in total. The number of ketones is 1. The summed E-state index contributed by atoms with van der Waals surface area (Å²) in [4.78, 5) is 11.8. The van der Waals surface area contributed by atoms with Gasteiger partial charge >= 0.3 is 0 Å². The van der Waals surface area contributed by atoms with E-state index in [4.69, 9.17) is 8.83 Å². The minimum Gasteiger partial charge on any atom is -0.469 e. The van der Waals surface area contributed by atoms with Gasteiger partial charge in [-0.1, -0.05) is 6.92 Å². The third-order valence-electron chi connectivity index (χ3n) is 2.23. The molecule has 15 heavy (non-hydrogen) atoms. The molecular weight excluding hydrogens is 192 g/mol. The molecule has 0 saturated carbocycles. The first-order chi connectivity index (χ1) is 7.20. The summed E-state index contributed by atoms with van der Waals surface area (Å²) >= 11 is 0. The molecule has 0 saturated heterocycles. The predicted octanol–water partition coefficient (Wildman–Crippen LogP) is 2.97. The van der Waals surface area contributed by atoms with Gasteiger partial charge in [-0.3, -0.25) is 4.79 Å². The maximum atomic E-state index is 11.8. The van der Waals surface area contributed by atoms with Crippen molar-refractivity contribution >= 4 is 5.78 Å². The SMILES string of the molecule is CCc1ccc(C(=O)c2coc(C)c2)o1. The molecule has 0 fully saturated rings. The Labute approximate surface area is 87.7 Å². The number of aryl methyl sites for hydroxylation is 2. The summed E-state index contributed by atoms with van der Waals surface area (Å²) in [6, 6.07) is 5.22. The fourth-order valence-corrected chi connectivity index (χ4v) is 1.39. The molecule has 0 atom stereocenters. The van der Waals surface area contributed by atoms with Crippen LogP contribution in [0.3, 0.4) is 0 Å². The Kier molecular flexibility index (Phi) is 2.46. The molecule has 78 valence electrons. The molecule has 3 nitrogen and oxygen atoms in total. The Balaban J connectivity index is 2.28. The summed E-state index contributed by atoms with van der Waals surface area (Å²) < 4.78 is 10.4. The zero-order chi connectivity index (χ0) is 10.8. The normalized spacial score (nSPS) is 10.5. The van der Waals surface area contributed by atoms with Crippen LogP contribution in [0.25, 0.3) is 0 Å². The molecule has 0 spiro atoms. The van der Waals surface area contributed by atoms with Crippen molar-refractivity contribution in [2.24, 2.45) is 0 Å². The largest absolute Gasteiger partial charge is 0.469 e. The number of hydrogen-bond acceptors (Lipinski definition) is 3. The molecule has 0 bridgehead atoms. The fourth-order valence-electron chi connectivity index (χ4n) is 1.39. The summed E-state index contributed by atoms with van der Waals surface area (Å²) in [6.07, 6.45) is 2.24. The second kappa shape index (κ2) is 3.77. The number of furan rings is 2. The smallest absolute Gasteiger partial charge is 0.231 e. The van der Waals surface area contributed by atoms with E-state index < -0.39 is 0 Å². The molecule has 2 heterocycles. The maximum absolute atomic E-state index is 11.8. The highest BCUT2D eigenvalue weighted by molar-refractivity contribution is 6.06. The van der Waals surface area contributed by atoms with Crippen LogP contribution in [0.2, 0.25) is 0 Å². The van der Waals surface area contributed by atoms with Crippen LogP contribution in [-0.2, 0) is 6.42 Å². The molecule has 0 aliphatic rings. The molecule has 0 radical (unpaired) electrons. The van der Waals surface area contributed by atoms with E-state index in [0.29, 0.717) is 11.3 Å². The topological polar surface area (TPSA) is 43.4 Å². The minimum atomic E-state index is -0.133. The highest BCUT2D eigenvalue weighted by atomic mass is 16.4. The van der Waals surface area contributed by atoms with E-state index in [-0.39, 0.29) is 5.78 Å². The first-order valence-corrected chi connectivity index (χ1v) is 4.89. The van der Waals surface area contributed by atoms with Gasteiger partial charge < -0.3 is 8.83 Å². The summed E-state index contributed by atoms with van der Waals surface area (Å²) in [6.45, 7) is 3.78. The zero-order valence-corrected chi connectivity index (χ0v) is 8.74. The van der Waals surface area contributed by atoms with Crippen molar-refractivity contribution in [1.82, 2.24) is 0 Å². The molecule has 0 aromatic carbocycles. The average Bonchev–Trinajstić information content (AvgIpc) is 2.84. The second-order valence-electron chi connectivity index (χ2n) is 3.39. The molecule has 2 rings (SSSR count). The lowest BCUT2D eigenvalue weighted by Gasteiger charge is -1.91. The molecule has 0 unspecified atom stereocenters. The average molecular weight is 204 g/mol. The van der Waals surface area contributed by atoms with E-state index in [1.807, 2.05) is 13.0 Å². The lowest BCUT2D eigenvalue weighted by atomic mass is 10.2. The standard InChI is InChI=1S/C12H12O3/c1-3-10-4-5-11(15-10)12(13)9-6-8(2)14-7-9/h4-7H,3H2,1-2H3. The van der Waals surface area contributed by atoms with Crippen molar-refractivity contribution in [2.45, 2.75) is 20.3 Å². The molecule has 2 aromatic heterocycles. The van der Waals surface area contributed by atoms with Crippen molar-refractivity contribution in [3.05, 3.63) is 47.3 Å². The minimum absolute atomic E-state index is 0.133. The highest BCUT2D eigenvalue weighted by Crippen LogP contribution is 2.15. The van der Waals surface area contributed by atoms with E-state index in [1.165, 1.54) is 6.26 Å². The fraction of sp³-hybridized carbons (Fsp3) is 0.250. The summed E-state index contributed by atoms with van der Waals surface area (Å²) in [5.41, 5.74) is 0.532. The van der Waals surface area contributed by atoms with Crippen LogP contribution >= 0.6 is 0 Å². The van der Waals surface area contributed by atoms with Crippen molar-refractivity contribution in [1.29, 1.82) is 0 Å². The van der Waals surface area contributed by atoms with Gasteiger partial charge in [-0.2, -0.15) is 0 Å². The van der Waals surface area contributed by atoms with Crippen molar-refractivity contribution < 1.29 is 13.6 Å². The molecule has 0 aliphatic carbocycles. The van der Waals surface area contributed by atoms with Crippen LogP contribution in [0.5, 0.6) is 0 Å². The summed E-state index contributed by atoms with van der Waals surface area (Å²) in [5, 5.41) is 0. The van der Waals surface area contributed by atoms with Crippen LogP contribution in [0, 0.1) is 6.92 Å². The van der Waals surface area contributed by atoms with Crippen molar-refractivity contribution in [3.63, 3.8) is 0 Å². The third-order valence-corrected chi connectivity index (χ3v) is 2.23. The van der Waals surface area contributed by atoms with E-state index in [2.05, 4.69) is 0 Å². The monoisotopic (exact) mass is 204 g/mol. The van der Waals surface area contributed by atoms with E-state index >= 15 is 0 Å². The molecular formula is C12H12O3. The van der Waals surface area contributed by atoms with Gasteiger partial charge in [-0.25, -0.2) is 0 Å². The molecule has 0 aliphatic heterocycles. The van der Waals surface area contributed by atoms with Crippen molar-refractivity contribution in [2.75, 3.05) is 0 Å². The van der Waals surface area contributed by atoms with E-state index in [1.54, 1.807) is 19.1 Å². The third kappa shape index (κ3) is 1.86. The van der Waals surface area contributed by atoms with Crippen LogP contribution in [0.15, 0.2) is 33.3 Å². The zero-order valence-electron chi connectivity index (χ0n) is 8.74. The predicted molar refractivity (Wildman–Crippen MR) is 55.0 cm³/mol. The Morgan fingerprint density at radius 3 is 2.73 bits per heavy atom. The van der Waals surface area contributed by atoms with E-state index in [0.717, 1.165) is 17.9 Å². The van der Waals surface area contributed by atoms with Crippen LogP contribution < -0.4 is 0 Å². The van der Waals surface area contributed by atoms with Gasteiger partial charge in [0.2, 0.25) is 5.78 Å². The number of carbonyl (C=O) groups is 1. The Hall–Kier alpha value is -1.77. The molecule has 3 heteroatoms. The lowest BCUT2D eigenvalue weighted by molar-refractivity contribution is 0.101. The number of rotatable bonds is 3. The van der Waals surface area contributed by atoms with Crippen molar-refractivity contribution in [3.8, 4) is 0 Å². The van der Waals surface area contributed by atoms with Gasteiger partial charge in [0.1, 0.15) is 17.8 Å². The van der Waals surface area contributed by atoms with E-state index in [9.17, 15) is 4.79 Å². The van der Waals surface area contributed by atoms with Gasteiger partial charge in [-0.05, 0) is 25.1 Å². The number of carbonyl (C=O) groups excluding carboxylic acids is 1. The molecule has 2 aromatic rings. The van der Waals surface area contributed by atoms with Crippen LogP contribution in [0.4, 0.5) is 0 Å². The first kappa shape index (κ1) is 9.77. The van der Waals surface area contributed by atoms with Gasteiger partial charge in [0.15, 0.2) is 5.76 Å². The summed E-state index contributed by atoms with van der Waals surface area (Å²) in [7, 11) is 0. The van der Waals surface area contributed by atoms with Crippen LogP contribution in [-0.4, -0.2) is 5.78 Å². The van der Waals surface area contributed by atoms with Gasteiger partial charge in [0.25, 0.3) is 0 Å². The Bertz CT molecular complexity index is 477. The highest BCUT2D eigenvalue weighted by Gasteiger charge is 2.15. The van der Waals surface area contributed by atoms with Gasteiger partial charge in [0.05, 0.1) is 5.56 Å². The van der Waals surface area contributed by atoms with Crippen LogP contribution in [0.1, 0.15) is 34.6 Å². The Morgan fingerprint density at radius 1 is 1.40 bits per heavy atom. The number of hydrogen-bond donors (Lipinski definition) is 0. The first-order valence-electron chi connectivity index (χ1n) is 4.89. The molecule has 0 amide bonds. The van der Waals surface area contributed by atoms with Gasteiger partial charge in [-0.15, -0.1) is 0 Å². The summed E-state index contributed by atoms with van der Waals surface area (Å²) in [5.74, 6) is 1.78. The quantitative estimate of drug-likeness (QED) is 0.722. The maximum Gasteiger partial charge on any atom is 0.231 e. The lowest BCUT2D eigenvalue weighted by Crippen LogP contribution is -1.96.